The summed E-state index contributed by atoms with van der Waals surface area (Å²) in [4.78, 5) is 61.9. The second-order valence-electron chi connectivity index (χ2n) is 10.0. The number of ether oxygens (including phenoxy) is 2. The summed E-state index contributed by atoms with van der Waals surface area (Å²) >= 11 is 0. The van der Waals surface area contributed by atoms with E-state index in [1.54, 1.807) is 34.6 Å². The van der Waals surface area contributed by atoms with E-state index in [0.29, 0.717) is 6.42 Å². The van der Waals surface area contributed by atoms with Crippen molar-refractivity contribution in [3.8, 4) is 0 Å². The van der Waals surface area contributed by atoms with Gasteiger partial charge in [-0.1, -0.05) is 27.7 Å². The summed E-state index contributed by atoms with van der Waals surface area (Å²) in [6, 6.07) is -3.72. The molecule has 4 amide bonds. The van der Waals surface area contributed by atoms with Crippen molar-refractivity contribution in [2.24, 2.45) is 11.8 Å². The number of hydrogen-bond acceptors (Lipinski definition) is 7. The number of hydrogen-bond donors (Lipinski definition) is 4. The van der Waals surface area contributed by atoms with Gasteiger partial charge in [-0.3, -0.25) is 14.4 Å². The van der Waals surface area contributed by atoms with Gasteiger partial charge in [-0.05, 0) is 52.9 Å². The average molecular weight is 487 g/mol. The summed E-state index contributed by atoms with van der Waals surface area (Å²) in [5.41, 5.74) is -0.730. The smallest absolute Gasteiger partial charge is 0.408 e. The summed E-state index contributed by atoms with van der Waals surface area (Å²) in [7, 11) is 1.21. The first-order chi connectivity index (χ1) is 15.5. The Labute approximate surface area is 202 Å². The van der Waals surface area contributed by atoms with E-state index in [1.807, 2.05) is 13.8 Å². The third-order valence-corrected chi connectivity index (χ3v) is 4.63. The van der Waals surface area contributed by atoms with Gasteiger partial charge in [0, 0.05) is 0 Å². The normalized spacial score (nSPS) is 14.9. The molecule has 0 aliphatic heterocycles. The minimum absolute atomic E-state index is 0.0673. The summed E-state index contributed by atoms with van der Waals surface area (Å²) in [5.74, 6) is -2.50. The number of carbonyl (C=O) groups is 5. The molecule has 0 spiro atoms. The van der Waals surface area contributed by atoms with Gasteiger partial charge in [0.05, 0.1) is 7.11 Å². The van der Waals surface area contributed by atoms with E-state index < -0.39 is 59.6 Å². The monoisotopic (exact) mass is 486 g/mol. The Bertz CT molecular complexity index is 731. The molecule has 4 N–H and O–H groups in total. The number of alkyl carbamates (subject to hydrolysis) is 1. The van der Waals surface area contributed by atoms with E-state index in [4.69, 9.17) is 4.74 Å². The topological polar surface area (TPSA) is 152 Å². The zero-order chi connectivity index (χ0) is 26.8. The number of amides is 4. The van der Waals surface area contributed by atoms with Crippen molar-refractivity contribution in [3.05, 3.63) is 0 Å². The lowest BCUT2D eigenvalue weighted by Gasteiger charge is -2.27. The van der Waals surface area contributed by atoms with E-state index >= 15 is 0 Å². The van der Waals surface area contributed by atoms with E-state index in [2.05, 4.69) is 26.0 Å². The molecule has 11 heteroatoms. The lowest BCUT2D eigenvalue weighted by atomic mass is 10.0. The van der Waals surface area contributed by atoms with Gasteiger partial charge in [0.2, 0.25) is 17.7 Å². The highest BCUT2D eigenvalue weighted by molar-refractivity contribution is 5.94. The molecular weight excluding hydrogens is 444 g/mol. The number of nitrogens with one attached hydrogen (secondary N) is 4. The zero-order valence-electron chi connectivity index (χ0n) is 22.0. The molecule has 0 aliphatic rings. The van der Waals surface area contributed by atoms with E-state index in [-0.39, 0.29) is 11.8 Å². The van der Waals surface area contributed by atoms with Gasteiger partial charge in [0.25, 0.3) is 0 Å². The van der Waals surface area contributed by atoms with Crippen molar-refractivity contribution in [3.63, 3.8) is 0 Å². The Morgan fingerprint density at radius 2 is 1.26 bits per heavy atom. The molecule has 0 saturated carbocycles. The molecule has 0 aromatic heterocycles. The Hall–Kier alpha value is -2.85. The van der Waals surface area contributed by atoms with Gasteiger partial charge in [0.15, 0.2) is 0 Å². The van der Waals surface area contributed by atoms with Gasteiger partial charge >= 0.3 is 12.1 Å². The predicted molar refractivity (Wildman–Crippen MR) is 127 cm³/mol. The van der Waals surface area contributed by atoms with E-state index in [9.17, 15) is 24.0 Å². The standard InChI is InChI=1S/C23H42N4O7/c1-12(2)11-16(19(29)25-15(6)21(31)33-10)26-18(28)14(5)24-20(30)17(13(3)4)27-22(32)34-23(7,8)9/h12-17H,11H2,1-10H3,(H,24,30)(H,25,29)(H,26,28)(H,27,32)/t14-,15+,16+,17+/m1/s1. The van der Waals surface area contributed by atoms with Crippen LogP contribution in [0.3, 0.4) is 0 Å². The highest BCUT2D eigenvalue weighted by Gasteiger charge is 2.31. The Morgan fingerprint density at radius 1 is 0.735 bits per heavy atom. The first-order valence-electron chi connectivity index (χ1n) is 11.5. The molecule has 34 heavy (non-hydrogen) atoms. The third-order valence-electron chi connectivity index (χ3n) is 4.63. The molecule has 0 bridgehead atoms. The molecule has 0 aliphatic carbocycles. The summed E-state index contributed by atoms with van der Waals surface area (Å²) < 4.78 is 9.81. The maximum absolute atomic E-state index is 12.8. The predicted octanol–water partition coefficient (Wildman–Crippen LogP) is 1.25. The third kappa shape index (κ3) is 11.9. The Morgan fingerprint density at radius 3 is 1.71 bits per heavy atom. The highest BCUT2D eigenvalue weighted by Crippen LogP contribution is 2.10. The van der Waals surface area contributed by atoms with Crippen LogP contribution in [0.4, 0.5) is 4.79 Å². The molecule has 0 rings (SSSR count). The summed E-state index contributed by atoms with van der Waals surface area (Å²) in [5, 5.41) is 10.2. The van der Waals surface area contributed by atoms with Gasteiger partial charge in [-0.15, -0.1) is 0 Å². The first-order valence-corrected chi connectivity index (χ1v) is 11.5. The lowest BCUT2D eigenvalue weighted by Crippen LogP contribution is -2.58. The number of carbonyl (C=O) groups excluding carboxylic acids is 5. The van der Waals surface area contributed by atoms with Gasteiger partial charge in [-0.25, -0.2) is 9.59 Å². The number of methoxy groups -OCH3 is 1. The molecule has 4 atom stereocenters. The van der Waals surface area contributed by atoms with Crippen molar-refractivity contribution >= 4 is 29.8 Å². The fourth-order valence-corrected chi connectivity index (χ4v) is 2.89. The molecule has 0 saturated heterocycles. The van der Waals surface area contributed by atoms with Crippen molar-refractivity contribution in [2.45, 2.75) is 98.5 Å². The second kappa shape index (κ2) is 13.8. The first kappa shape index (κ1) is 31.1. The van der Waals surface area contributed by atoms with Gasteiger partial charge in [-0.2, -0.15) is 0 Å². The van der Waals surface area contributed by atoms with Crippen molar-refractivity contribution in [1.29, 1.82) is 0 Å². The fourth-order valence-electron chi connectivity index (χ4n) is 2.89. The second-order valence-corrected chi connectivity index (χ2v) is 10.0. The van der Waals surface area contributed by atoms with Crippen LogP contribution in [0.5, 0.6) is 0 Å². The van der Waals surface area contributed by atoms with Crippen molar-refractivity contribution in [1.82, 2.24) is 21.3 Å². The quantitative estimate of drug-likeness (QED) is 0.321. The molecule has 0 aromatic rings. The summed E-state index contributed by atoms with van der Waals surface area (Å²) in [6.07, 6.45) is -0.423. The number of rotatable bonds is 11. The Balaban J connectivity index is 5.22. The minimum Gasteiger partial charge on any atom is -0.467 e. The van der Waals surface area contributed by atoms with Crippen LogP contribution >= 0.6 is 0 Å². The van der Waals surface area contributed by atoms with Gasteiger partial charge < -0.3 is 30.7 Å². The van der Waals surface area contributed by atoms with E-state index in [0.717, 1.165) is 0 Å². The van der Waals surface area contributed by atoms with Crippen LogP contribution in [0.15, 0.2) is 0 Å². The van der Waals surface area contributed by atoms with E-state index in [1.165, 1.54) is 21.0 Å². The highest BCUT2D eigenvalue weighted by atomic mass is 16.6. The van der Waals surface area contributed by atoms with Crippen LogP contribution in [0, 0.1) is 11.8 Å². The average Bonchev–Trinajstić information content (AvgIpc) is 2.68. The van der Waals surface area contributed by atoms with Crippen LogP contribution in [-0.2, 0) is 28.7 Å². The molecule has 0 fully saturated rings. The van der Waals surface area contributed by atoms with Crippen molar-refractivity contribution < 1.29 is 33.4 Å². The van der Waals surface area contributed by atoms with Crippen LogP contribution < -0.4 is 21.3 Å². The van der Waals surface area contributed by atoms with Crippen LogP contribution in [-0.4, -0.2) is 66.7 Å². The number of esters is 1. The SMILES string of the molecule is COC(=O)[C@H](C)NC(=O)[C@H](CC(C)C)NC(=O)[C@@H](C)NC(=O)[C@@H](NC(=O)OC(C)(C)C)C(C)C. The maximum atomic E-state index is 12.8. The molecule has 11 nitrogen and oxygen atoms in total. The van der Waals surface area contributed by atoms with Crippen LogP contribution in [0.2, 0.25) is 0 Å². The fraction of sp³-hybridized carbons (Fsp3) is 0.783. The largest absolute Gasteiger partial charge is 0.467 e. The molecule has 196 valence electrons. The molecule has 0 aromatic carbocycles. The molecule has 0 radical (unpaired) electrons. The zero-order valence-corrected chi connectivity index (χ0v) is 22.0. The minimum atomic E-state index is -0.991. The summed E-state index contributed by atoms with van der Waals surface area (Å²) in [6.45, 7) is 15.3. The van der Waals surface area contributed by atoms with Crippen LogP contribution in [0.25, 0.3) is 0 Å². The lowest BCUT2D eigenvalue weighted by molar-refractivity contribution is -0.145. The Kier molecular flexibility index (Phi) is 12.6. The van der Waals surface area contributed by atoms with Gasteiger partial charge in [0.1, 0.15) is 29.8 Å². The van der Waals surface area contributed by atoms with Crippen molar-refractivity contribution in [2.75, 3.05) is 7.11 Å². The van der Waals surface area contributed by atoms with Crippen LogP contribution in [0.1, 0.15) is 68.7 Å². The molecular formula is C23H42N4O7. The molecule has 0 unspecified atom stereocenters. The molecule has 0 heterocycles. The maximum Gasteiger partial charge on any atom is 0.408 e.